The topological polar surface area (TPSA) is 40.9 Å². The van der Waals surface area contributed by atoms with Gasteiger partial charge in [0.25, 0.3) is 0 Å². The molecule has 1 aliphatic rings. The molecule has 1 fully saturated rings. The molecule has 1 saturated carbocycles. The van der Waals surface area contributed by atoms with Crippen molar-refractivity contribution in [3.05, 3.63) is 0 Å². The number of hydrogen-bond donors (Lipinski definition) is 0. The van der Waals surface area contributed by atoms with Gasteiger partial charge in [0.1, 0.15) is 0 Å². The van der Waals surface area contributed by atoms with Gasteiger partial charge in [-0.05, 0) is 31.1 Å². The molecular weight excluding hydrogens is 230 g/mol. The van der Waals surface area contributed by atoms with E-state index in [2.05, 4.69) is 33.8 Å². The molecule has 2 nitrogen and oxygen atoms in total. The van der Waals surface area contributed by atoms with Crippen LogP contribution < -0.4 is 0 Å². The van der Waals surface area contributed by atoms with Crippen LogP contribution in [-0.2, 0) is 10.8 Å². The maximum absolute atomic E-state index is 12.5. The van der Waals surface area contributed by atoms with Gasteiger partial charge in [0.05, 0.1) is 17.2 Å². The van der Waals surface area contributed by atoms with E-state index in [0.29, 0.717) is 11.8 Å². The lowest BCUT2D eigenvalue weighted by Crippen LogP contribution is -2.37. The summed E-state index contributed by atoms with van der Waals surface area (Å²) in [5.41, 5.74) is 0. The second kappa shape index (κ2) is 6.54. The maximum atomic E-state index is 12.5. The fourth-order valence-corrected chi connectivity index (χ4v) is 4.60. The summed E-state index contributed by atoms with van der Waals surface area (Å²) in [6.45, 7) is 8.49. The molecule has 0 spiro atoms. The molecule has 0 amide bonds. The van der Waals surface area contributed by atoms with Crippen molar-refractivity contribution in [2.24, 2.45) is 17.8 Å². The van der Waals surface area contributed by atoms with E-state index >= 15 is 0 Å². The zero-order valence-electron chi connectivity index (χ0n) is 11.5. The highest BCUT2D eigenvalue weighted by atomic mass is 32.2. The molecular formula is C14H25NOS. The van der Waals surface area contributed by atoms with E-state index in [9.17, 15) is 9.47 Å². The van der Waals surface area contributed by atoms with Crippen molar-refractivity contribution in [1.29, 1.82) is 5.26 Å². The van der Waals surface area contributed by atoms with Crippen LogP contribution in [0, 0.1) is 29.1 Å². The number of hydrogen-bond acceptors (Lipinski definition) is 2. The van der Waals surface area contributed by atoms with Gasteiger partial charge in [-0.1, -0.05) is 34.1 Å². The predicted octanol–water partition coefficient (Wildman–Crippen LogP) is 3.50. The van der Waals surface area contributed by atoms with Crippen LogP contribution in [0.1, 0.15) is 53.4 Å². The monoisotopic (exact) mass is 255 g/mol. The standard InChI is InChI=1S/C14H25NOS/c1-5-12-6-7-13(9-15)14(8-12)17(16)11(4)10(2)3/h10-14H,5-8H2,1-4H3. The zero-order chi connectivity index (χ0) is 13.0. The summed E-state index contributed by atoms with van der Waals surface area (Å²) in [5, 5.41) is 9.51. The van der Waals surface area contributed by atoms with Crippen molar-refractivity contribution in [3.8, 4) is 6.07 Å². The first-order valence-corrected chi connectivity index (χ1v) is 8.07. The summed E-state index contributed by atoms with van der Waals surface area (Å²) < 4.78 is 12.5. The van der Waals surface area contributed by atoms with Crippen LogP contribution in [0.5, 0.6) is 0 Å². The van der Waals surface area contributed by atoms with E-state index in [-0.39, 0.29) is 16.4 Å². The maximum Gasteiger partial charge on any atom is 0.0668 e. The fraction of sp³-hybridized carbons (Fsp3) is 0.929. The average Bonchev–Trinajstić information content (AvgIpc) is 2.35. The summed E-state index contributed by atoms with van der Waals surface area (Å²) in [7, 11) is -0.856. The number of nitrogens with zero attached hydrogens (tertiary/aromatic N) is 1. The molecule has 0 saturated heterocycles. The minimum atomic E-state index is -0.856. The predicted molar refractivity (Wildman–Crippen MR) is 73.0 cm³/mol. The Morgan fingerprint density at radius 2 is 2.00 bits per heavy atom. The van der Waals surface area contributed by atoms with Crippen LogP contribution in [0.3, 0.4) is 0 Å². The van der Waals surface area contributed by atoms with E-state index in [1.54, 1.807) is 0 Å². The molecule has 0 N–H and O–H groups in total. The molecule has 0 radical (unpaired) electrons. The zero-order valence-corrected chi connectivity index (χ0v) is 12.3. The van der Waals surface area contributed by atoms with Crippen LogP contribution in [0.2, 0.25) is 0 Å². The van der Waals surface area contributed by atoms with E-state index < -0.39 is 10.8 Å². The van der Waals surface area contributed by atoms with Gasteiger partial charge in [-0.3, -0.25) is 4.21 Å². The molecule has 98 valence electrons. The average molecular weight is 255 g/mol. The Bertz CT molecular complexity index is 308. The fourth-order valence-electron chi connectivity index (χ4n) is 2.53. The molecule has 0 aromatic carbocycles. The molecule has 17 heavy (non-hydrogen) atoms. The lowest BCUT2D eigenvalue weighted by atomic mass is 9.81. The molecule has 0 bridgehead atoms. The Morgan fingerprint density at radius 3 is 2.47 bits per heavy atom. The van der Waals surface area contributed by atoms with E-state index in [4.69, 9.17) is 0 Å². The Balaban J connectivity index is 2.76. The summed E-state index contributed by atoms with van der Waals surface area (Å²) >= 11 is 0. The van der Waals surface area contributed by atoms with Gasteiger partial charge < -0.3 is 0 Å². The Labute approximate surface area is 108 Å². The van der Waals surface area contributed by atoms with Gasteiger partial charge in [-0.15, -0.1) is 0 Å². The van der Waals surface area contributed by atoms with Gasteiger partial charge in [0.2, 0.25) is 0 Å². The third-order valence-electron chi connectivity index (χ3n) is 4.25. The summed E-state index contributed by atoms with van der Waals surface area (Å²) in [6, 6.07) is 2.38. The Hall–Kier alpha value is -0.360. The molecule has 5 unspecified atom stereocenters. The quantitative estimate of drug-likeness (QED) is 0.771. The highest BCUT2D eigenvalue weighted by molar-refractivity contribution is 7.86. The van der Waals surface area contributed by atoms with E-state index in [1.165, 1.54) is 0 Å². The smallest absolute Gasteiger partial charge is 0.0668 e. The number of rotatable bonds is 4. The third-order valence-corrected chi connectivity index (χ3v) is 6.64. The van der Waals surface area contributed by atoms with Gasteiger partial charge in [0.15, 0.2) is 0 Å². The minimum absolute atomic E-state index is 0.0137. The van der Waals surface area contributed by atoms with Crippen molar-refractivity contribution < 1.29 is 4.21 Å². The van der Waals surface area contributed by atoms with Crippen molar-refractivity contribution >= 4 is 10.8 Å². The van der Waals surface area contributed by atoms with Crippen LogP contribution in [-0.4, -0.2) is 14.7 Å². The van der Waals surface area contributed by atoms with Crippen molar-refractivity contribution in [2.75, 3.05) is 0 Å². The molecule has 3 heteroatoms. The third kappa shape index (κ3) is 3.55. The molecule has 1 aliphatic carbocycles. The molecule has 0 heterocycles. The highest BCUT2D eigenvalue weighted by Gasteiger charge is 2.36. The van der Waals surface area contributed by atoms with E-state index in [0.717, 1.165) is 25.7 Å². The largest absolute Gasteiger partial charge is 0.259 e. The SMILES string of the molecule is CCC1CCC(C#N)C(S(=O)C(C)C(C)C)C1. The lowest BCUT2D eigenvalue weighted by molar-refractivity contribution is 0.312. The van der Waals surface area contributed by atoms with E-state index in [1.807, 2.05) is 0 Å². The first kappa shape index (κ1) is 14.7. The number of nitriles is 1. The lowest BCUT2D eigenvalue weighted by Gasteiger charge is -2.34. The molecule has 5 atom stereocenters. The molecule has 0 aromatic rings. The summed E-state index contributed by atoms with van der Waals surface area (Å²) in [5.74, 6) is 1.12. The minimum Gasteiger partial charge on any atom is -0.259 e. The van der Waals surface area contributed by atoms with Crippen molar-refractivity contribution in [2.45, 2.75) is 63.9 Å². The normalized spacial score (nSPS) is 33.1. The Morgan fingerprint density at radius 1 is 1.35 bits per heavy atom. The van der Waals surface area contributed by atoms with Crippen molar-refractivity contribution in [1.82, 2.24) is 0 Å². The second-order valence-corrected chi connectivity index (χ2v) is 7.65. The summed E-state index contributed by atoms with van der Waals surface area (Å²) in [4.78, 5) is 0. The van der Waals surface area contributed by atoms with Crippen LogP contribution in [0.25, 0.3) is 0 Å². The molecule has 1 rings (SSSR count). The van der Waals surface area contributed by atoms with Crippen molar-refractivity contribution in [3.63, 3.8) is 0 Å². The first-order valence-electron chi connectivity index (χ1n) is 6.80. The molecule has 0 aliphatic heterocycles. The van der Waals surface area contributed by atoms with Crippen LogP contribution >= 0.6 is 0 Å². The Kier molecular flexibility index (Phi) is 5.66. The van der Waals surface area contributed by atoms with Gasteiger partial charge >= 0.3 is 0 Å². The van der Waals surface area contributed by atoms with Gasteiger partial charge in [-0.25, -0.2) is 0 Å². The summed E-state index contributed by atoms with van der Waals surface area (Å²) in [6.07, 6.45) is 4.22. The van der Waals surface area contributed by atoms with Crippen LogP contribution in [0.4, 0.5) is 0 Å². The first-order chi connectivity index (χ1) is 8.01. The van der Waals surface area contributed by atoms with Gasteiger partial charge in [0, 0.05) is 16.0 Å². The molecule has 0 aromatic heterocycles. The highest BCUT2D eigenvalue weighted by Crippen LogP contribution is 2.35. The second-order valence-electron chi connectivity index (χ2n) is 5.64. The van der Waals surface area contributed by atoms with Crippen LogP contribution in [0.15, 0.2) is 0 Å². The van der Waals surface area contributed by atoms with Gasteiger partial charge in [-0.2, -0.15) is 5.26 Å².